The van der Waals surface area contributed by atoms with Gasteiger partial charge in [-0.15, -0.1) is 0 Å². The summed E-state index contributed by atoms with van der Waals surface area (Å²) in [5.41, 5.74) is 2.33. The Hall–Kier alpha value is -1.81. The molecule has 0 bridgehead atoms. The summed E-state index contributed by atoms with van der Waals surface area (Å²) < 4.78 is 7.22. The van der Waals surface area contributed by atoms with Crippen LogP contribution in [0.15, 0.2) is 36.5 Å². The molecule has 4 heteroatoms. The highest BCUT2D eigenvalue weighted by atomic mass is 16.5. The Morgan fingerprint density at radius 2 is 1.90 bits per heavy atom. The molecule has 0 amide bonds. The van der Waals surface area contributed by atoms with E-state index in [4.69, 9.17) is 4.74 Å². The number of hydrogen-bond donors (Lipinski definition) is 1. The van der Waals surface area contributed by atoms with Crippen LogP contribution in [-0.2, 0) is 6.54 Å². The van der Waals surface area contributed by atoms with Crippen molar-refractivity contribution in [3.8, 4) is 5.75 Å². The smallest absolute Gasteiger partial charge is 0.118 e. The summed E-state index contributed by atoms with van der Waals surface area (Å²) in [4.78, 5) is 0. The molecule has 0 aliphatic heterocycles. The second-order valence-electron chi connectivity index (χ2n) is 5.42. The molecule has 1 unspecified atom stereocenters. The van der Waals surface area contributed by atoms with E-state index < -0.39 is 0 Å². The number of benzene rings is 1. The molecule has 0 fully saturated rings. The molecule has 0 aliphatic carbocycles. The lowest BCUT2D eigenvalue weighted by atomic mass is 10.1. The number of nitrogens with zero attached hydrogens (tertiary/aromatic N) is 2. The maximum atomic E-state index is 5.18. The van der Waals surface area contributed by atoms with Crippen molar-refractivity contribution in [3.63, 3.8) is 0 Å². The molecule has 0 radical (unpaired) electrons. The van der Waals surface area contributed by atoms with Crippen LogP contribution in [0.5, 0.6) is 5.75 Å². The fourth-order valence-electron chi connectivity index (χ4n) is 2.17. The standard InChI is InChI=1S/C17H25N3O/c1-5-13(2)20-11-10-16(19-20)12-18-14(3)15-6-8-17(21-4)9-7-15/h6-11,13-14,18H,5,12H2,1-4H3/t13?,14-/m1/s1. The van der Waals surface area contributed by atoms with E-state index in [9.17, 15) is 0 Å². The number of rotatable bonds is 7. The van der Waals surface area contributed by atoms with Gasteiger partial charge < -0.3 is 10.1 Å². The third-order valence-electron chi connectivity index (χ3n) is 3.91. The number of methoxy groups -OCH3 is 1. The van der Waals surface area contributed by atoms with E-state index in [1.54, 1.807) is 7.11 Å². The van der Waals surface area contributed by atoms with E-state index in [0.717, 1.165) is 24.4 Å². The molecule has 2 rings (SSSR count). The third kappa shape index (κ3) is 4.08. The van der Waals surface area contributed by atoms with Gasteiger partial charge in [-0.05, 0) is 44.0 Å². The minimum absolute atomic E-state index is 0.282. The summed E-state index contributed by atoms with van der Waals surface area (Å²) in [5.74, 6) is 0.887. The zero-order valence-electron chi connectivity index (χ0n) is 13.3. The van der Waals surface area contributed by atoms with E-state index >= 15 is 0 Å². The Morgan fingerprint density at radius 3 is 2.52 bits per heavy atom. The average molecular weight is 287 g/mol. The van der Waals surface area contributed by atoms with Crippen molar-refractivity contribution in [3.05, 3.63) is 47.8 Å². The molecular formula is C17H25N3O. The van der Waals surface area contributed by atoms with Crippen LogP contribution in [0.3, 0.4) is 0 Å². The van der Waals surface area contributed by atoms with Gasteiger partial charge in [0.15, 0.2) is 0 Å². The molecule has 114 valence electrons. The number of nitrogens with one attached hydrogen (secondary N) is 1. The van der Waals surface area contributed by atoms with Gasteiger partial charge in [-0.1, -0.05) is 19.1 Å². The van der Waals surface area contributed by atoms with E-state index in [-0.39, 0.29) is 6.04 Å². The summed E-state index contributed by atoms with van der Waals surface area (Å²) in [6.07, 6.45) is 3.15. The fourth-order valence-corrected chi connectivity index (χ4v) is 2.17. The molecule has 4 nitrogen and oxygen atoms in total. The molecule has 2 aromatic rings. The molecule has 1 aromatic heterocycles. The summed E-state index contributed by atoms with van der Waals surface area (Å²) in [6, 6.07) is 11.0. The molecule has 1 heterocycles. The van der Waals surface area contributed by atoms with Crippen LogP contribution in [0.25, 0.3) is 0 Å². The van der Waals surface area contributed by atoms with Crippen LogP contribution >= 0.6 is 0 Å². The zero-order valence-corrected chi connectivity index (χ0v) is 13.3. The maximum Gasteiger partial charge on any atom is 0.118 e. The van der Waals surface area contributed by atoms with Gasteiger partial charge >= 0.3 is 0 Å². The van der Waals surface area contributed by atoms with Gasteiger partial charge in [-0.25, -0.2) is 0 Å². The van der Waals surface area contributed by atoms with Gasteiger partial charge in [0.05, 0.1) is 12.8 Å². The quantitative estimate of drug-likeness (QED) is 0.843. The van der Waals surface area contributed by atoms with Crippen molar-refractivity contribution in [1.82, 2.24) is 15.1 Å². The molecule has 0 spiro atoms. The summed E-state index contributed by atoms with van der Waals surface area (Å²) in [5, 5.41) is 8.11. The van der Waals surface area contributed by atoms with Crippen molar-refractivity contribution in [2.24, 2.45) is 0 Å². The molecule has 1 aromatic carbocycles. The van der Waals surface area contributed by atoms with Crippen LogP contribution in [0.4, 0.5) is 0 Å². The van der Waals surface area contributed by atoms with E-state index in [0.29, 0.717) is 6.04 Å². The molecular weight excluding hydrogens is 262 g/mol. The predicted molar refractivity (Wildman–Crippen MR) is 85.5 cm³/mol. The molecule has 21 heavy (non-hydrogen) atoms. The predicted octanol–water partition coefficient (Wildman–Crippen LogP) is 3.71. The number of hydrogen-bond acceptors (Lipinski definition) is 3. The van der Waals surface area contributed by atoms with Crippen LogP contribution < -0.4 is 10.1 Å². The van der Waals surface area contributed by atoms with E-state index in [2.05, 4.69) is 55.6 Å². The van der Waals surface area contributed by atoms with Crippen LogP contribution in [0, 0.1) is 0 Å². The van der Waals surface area contributed by atoms with Crippen molar-refractivity contribution >= 4 is 0 Å². The van der Waals surface area contributed by atoms with Crippen LogP contribution in [-0.4, -0.2) is 16.9 Å². The first-order valence-electron chi connectivity index (χ1n) is 7.55. The molecule has 0 saturated heterocycles. The topological polar surface area (TPSA) is 39.1 Å². The molecule has 1 N–H and O–H groups in total. The van der Waals surface area contributed by atoms with Crippen molar-refractivity contribution in [2.75, 3.05) is 7.11 Å². The summed E-state index contributed by atoms with van der Waals surface area (Å²) in [6.45, 7) is 7.30. The maximum absolute atomic E-state index is 5.18. The lowest BCUT2D eigenvalue weighted by Crippen LogP contribution is -2.18. The van der Waals surface area contributed by atoms with Gasteiger partial charge in [-0.2, -0.15) is 5.10 Å². The van der Waals surface area contributed by atoms with Crippen molar-refractivity contribution in [1.29, 1.82) is 0 Å². The van der Waals surface area contributed by atoms with Crippen molar-refractivity contribution < 1.29 is 4.74 Å². The Morgan fingerprint density at radius 1 is 1.19 bits per heavy atom. The highest BCUT2D eigenvalue weighted by Gasteiger charge is 2.08. The van der Waals surface area contributed by atoms with E-state index in [1.165, 1.54) is 5.56 Å². The van der Waals surface area contributed by atoms with Crippen molar-refractivity contribution in [2.45, 2.75) is 45.8 Å². The summed E-state index contributed by atoms with van der Waals surface area (Å²) >= 11 is 0. The monoisotopic (exact) mass is 287 g/mol. The second-order valence-corrected chi connectivity index (χ2v) is 5.42. The third-order valence-corrected chi connectivity index (χ3v) is 3.91. The fraction of sp³-hybridized carbons (Fsp3) is 0.471. The first-order valence-corrected chi connectivity index (χ1v) is 7.55. The SMILES string of the molecule is CCC(C)n1ccc(CN[C@H](C)c2ccc(OC)cc2)n1. The van der Waals surface area contributed by atoms with Crippen LogP contribution in [0.1, 0.15) is 50.5 Å². The Bertz CT molecular complexity index is 547. The molecule has 0 aliphatic rings. The van der Waals surface area contributed by atoms with Gasteiger partial charge in [0.1, 0.15) is 5.75 Å². The first kappa shape index (κ1) is 15.6. The lowest BCUT2D eigenvalue weighted by Gasteiger charge is -2.14. The Labute approximate surface area is 127 Å². The lowest BCUT2D eigenvalue weighted by molar-refractivity contribution is 0.414. The normalized spacial score (nSPS) is 13.9. The highest BCUT2D eigenvalue weighted by molar-refractivity contribution is 5.28. The van der Waals surface area contributed by atoms with Gasteiger partial charge in [-0.3, -0.25) is 4.68 Å². The number of ether oxygens (including phenoxy) is 1. The minimum Gasteiger partial charge on any atom is -0.497 e. The van der Waals surface area contributed by atoms with Crippen LogP contribution in [0.2, 0.25) is 0 Å². The van der Waals surface area contributed by atoms with Gasteiger partial charge in [0.2, 0.25) is 0 Å². The van der Waals surface area contributed by atoms with Gasteiger partial charge in [0, 0.05) is 24.8 Å². The Balaban J connectivity index is 1.90. The van der Waals surface area contributed by atoms with E-state index in [1.807, 2.05) is 16.8 Å². The van der Waals surface area contributed by atoms with Gasteiger partial charge in [0.25, 0.3) is 0 Å². The second kappa shape index (κ2) is 7.27. The Kier molecular flexibility index (Phi) is 5.39. The largest absolute Gasteiger partial charge is 0.497 e. The highest BCUT2D eigenvalue weighted by Crippen LogP contribution is 2.17. The first-order chi connectivity index (χ1) is 10.1. The average Bonchev–Trinajstić information content (AvgIpc) is 3.01. The summed E-state index contributed by atoms with van der Waals surface area (Å²) in [7, 11) is 1.68. The number of aromatic nitrogens is 2. The zero-order chi connectivity index (χ0) is 15.2. The molecule has 2 atom stereocenters. The molecule has 0 saturated carbocycles. The minimum atomic E-state index is 0.282.